The average molecular weight is 132 g/mol. The third-order valence-corrected chi connectivity index (χ3v) is 1.70. The fourth-order valence-corrected chi connectivity index (χ4v) is 1.14. The molecule has 0 fully saturated rings. The van der Waals surface area contributed by atoms with Crippen molar-refractivity contribution in [1.29, 1.82) is 0 Å². The normalized spacial score (nSPS) is 34.4. The molecule has 2 rings (SSSR count). The quantitative estimate of drug-likeness (QED) is 0.512. The zero-order valence-corrected chi connectivity index (χ0v) is 5.51. The Balaban J connectivity index is 2.12. The second-order valence-corrected chi connectivity index (χ2v) is 2.39. The molecule has 0 N–H and O–H groups in total. The molecule has 0 aromatic rings. The molecule has 2 aliphatic heterocycles. The lowest BCUT2D eigenvalue weighted by molar-refractivity contribution is 0.760. The van der Waals surface area contributed by atoms with Gasteiger partial charge in [-0.15, -0.1) is 0 Å². The molecule has 2 heterocycles. The fourth-order valence-electron chi connectivity index (χ4n) is 1.14. The van der Waals surface area contributed by atoms with E-state index < -0.39 is 0 Å². The first-order chi connectivity index (χ1) is 4.97. The van der Waals surface area contributed by atoms with Crippen LogP contribution < -0.4 is 0 Å². The molecule has 50 valence electrons. The summed E-state index contributed by atoms with van der Waals surface area (Å²) in [6.45, 7) is 0. The summed E-state index contributed by atoms with van der Waals surface area (Å²) in [6.07, 6.45) is 11.7. The third kappa shape index (κ3) is 0.817. The van der Waals surface area contributed by atoms with Crippen LogP contribution >= 0.6 is 0 Å². The lowest BCUT2D eigenvalue weighted by Crippen LogP contribution is -2.11. The SMILES string of the molecule is C1=CC(C2C=CN=C2)N=C1. The third-order valence-electron chi connectivity index (χ3n) is 1.70. The van der Waals surface area contributed by atoms with E-state index in [0.29, 0.717) is 12.0 Å². The second kappa shape index (κ2) is 2.21. The topological polar surface area (TPSA) is 24.7 Å². The van der Waals surface area contributed by atoms with Gasteiger partial charge in [-0.05, 0) is 6.08 Å². The van der Waals surface area contributed by atoms with Gasteiger partial charge < -0.3 is 0 Å². The van der Waals surface area contributed by atoms with Gasteiger partial charge in [-0.2, -0.15) is 0 Å². The minimum atomic E-state index is 0.308. The maximum Gasteiger partial charge on any atom is 0.0796 e. The molecule has 2 heteroatoms. The maximum absolute atomic E-state index is 4.24. The van der Waals surface area contributed by atoms with Gasteiger partial charge >= 0.3 is 0 Å². The van der Waals surface area contributed by atoms with E-state index in [2.05, 4.69) is 22.1 Å². The van der Waals surface area contributed by atoms with Crippen molar-refractivity contribution in [2.24, 2.45) is 15.9 Å². The van der Waals surface area contributed by atoms with Gasteiger partial charge in [0.05, 0.1) is 6.04 Å². The molecule has 0 bridgehead atoms. The highest BCUT2D eigenvalue weighted by Crippen LogP contribution is 2.15. The standard InChI is InChI=1S/C8H8N2/c1-2-8(10-4-1)7-3-5-9-6-7/h1-8H. The van der Waals surface area contributed by atoms with Crippen molar-refractivity contribution in [3.8, 4) is 0 Å². The van der Waals surface area contributed by atoms with Crippen molar-refractivity contribution in [1.82, 2.24) is 0 Å². The first-order valence-electron chi connectivity index (χ1n) is 3.37. The van der Waals surface area contributed by atoms with E-state index in [1.54, 1.807) is 0 Å². The highest BCUT2D eigenvalue weighted by Gasteiger charge is 2.16. The molecule has 0 aliphatic carbocycles. The Morgan fingerprint density at radius 3 is 2.80 bits per heavy atom. The summed E-state index contributed by atoms with van der Waals surface area (Å²) in [6, 6.07) is 0.308. The number of allylic oxidation sites excluding steroid dienone is 1. The zero-order valence-electron chi connectivity index (χ0n) is 5.51. The number of nitrogens with zero attached hydrogens (tertiary/aromatic N) is 2. The highest BCUT2D eigenvalue weighted by atomic mass is 14.8. The van der Waals surface area contributed by atoms with Gasteiger partial charge in [0.15, 0.2) is 0 Å². The fraction of sp³-hybridized carbons (Fsp3) is 0.250. The molecule has 2 aliphatic rings. The van der Waals surface area contributed by atoms with E-state index in [1.807, 2.05) is 24.7 Å². The van der Waals surface area contributed by atoms with E-state index in [4.69, 9.17) is 0 Å². The van der Waals surface area contributed by atoms with E-state index in [9.17, 15) is 0 Å². The van der Waals surface area contributed by atoms with E-state index in [-0.39, 0.29) is 0 Å². The predicted octanol–water partition coefficient (Wildman–Crippen LogP) is 1.21. The van der Waals surface area contributed by atoms with Gasteiger partial charge in [0.2, 0.25) is 0 Å². The lowest BCUT2D eigenvalue weighted by Gasteiger charge is -2.06. The van der Waals surface area contributed by atoms with Crippen LogP contribution in [0.1, 0.15) is 0 Å². The Kier molecular flexibility index (Phi) is 1.24. The summed E-state index contributed by atoms with van der Waals surface area (Å²) < 4.78 is 0. The minimum absolute atomic E-state index is 0.308. The monoisotopic (exact) mass is 132 g/mol. The minimum Gasteiger partial charge on any atom is -0.285 e. The summed E-state index contributed by atoms with van der Waals surface area (Å²) in [5.74, 6) is 0.398. The van der Waals surface area contributed by atoms with Crippen LogP contribution in [0.15, 0.2) is 34.4 Å². The van der Waals surface area contributed by atoms with Crippen LogP contribution in [0.4, 0.5) is 0 Å². The summed E-state index contributed by atoms with van der Waals surface area (Å²) in [5, 5.41) is 0. The van der Waals surface area contributed by atoms with E-state index in [0.717, 1.165) is 0 Å². The summed E-state index contributed by atoms with van der Waals surface area (Å²) >= 11 is 0. The van der Waals surface area contributed by atoms with Gasteiger partial charge in [-0.25, -0.2) is 0 Å². The molecule has 0 aromatic heterocycles. The molecule has 10 heavy (non-hydrogen) atoms. The summed E-state index contributed by atoms with van der Waals surface area (Å²) in [7, 11) is 0. The van der Waals surface area contributed by atoms with Gasteiger partial charge in [0, 0.05) is 24.5 Å². The lowest BCUT2D eigenvalue weighted by atomic mass is 10.0. The molecule has 2 nitrogen and oxygen atoms in total. The van der Waals surface area contributed by atoms with Crippen molar-refractivity contribution >= 4 is 12.4 Å². The van der Waals surface area contributed by atoms with Crippen LogP contribution in [0, 0.1) is 5.92 Å². The Labute approximate surface area is 59.7 Å². The van der Waals surface area contributed by atoms with Crippen molar-refractivity contribution in [3.05, 3.63) is 24.4 Å². The van der Waals surface area contributed by atoms with Crippen LogP contribution in [0.3, 0.4) is 0 Å². The van der Waals surface area contributed by atoms with Crippen LogP contribution in [0.2, 0.25) is 0 Å². The Morgan fingerprint density at radius 1 is 1.20 bits per heavy atom. The Bertz CT molecular complexity index is 186. The van der Waals surface area contributed by atoms with Crippen LogP contribution in [-0.2, 0) is 0 Å². The summed E-state index contributed by atoms with van der Waals surface area (Å²) in [5.41, 5.74) is 0. The van der Waals surface area contributed by atoms with Crippen LogP contribution in [0.5, 0.6) is 0 Å². The number of aliphatic imine (C=N–C) groups is 2. The van der Waals surface area contributed by atoms with Gasteiger partial charge in [-0.3, -0.25) is 9.98 Å². The molecule has 0 saturated carbocycles. The van der Waals surface area contributed by atoms with Crippen molar-refractivity contribution in [2.75, 3.05) is 0 Å². The van der Waals surface area contributed by atoms with Crippen molar-refractivity contribution in [3.63, 3.8) is 0 Å². The first kappa shape index (κ1) is 5.59. The van der Waals surface area contributed by atoms with Crippen LogP contribution in [0.25, 0.3) is 0 Å². The maximum atomic E-state index is 4.24. The molecule has 0 spiro atoms. The zero-order chi connectivity index (χ0) is 6.81. The molecule has 0 saturated heterocycles. The molecule has 2 atom stereocenters. The Hall–Kier alpha value is -1.18. The van der Waals surface area contributed by atoms with Gasteiger partial charge in [-0.1, -0.05) is 12.2 Å². The number of rotatable bonds is 1. The first-order valence-corrected chi connectivity index (χ1v) is 3.37. The molecule has 0 radical (unpaired) electrons. The molecular formula is C8H8N2. The molecule has 0 aromatic carbocycles. The number of hydrogen-bond acceptors (Lipinski definition) is 2. The van der Waals surface area contributed by atoms with Crippen LogP contribution in [-0.4, -0.2) is 18.5 Å². The largest absolute Gasteiger partial charge is 0.285 e. The average Bonchev–Trinajstić information content (AvgIpc) is 2.59. The van der Waals surface area contributed by atoms with Crippen molar-refractivity contribution < 1.29 is 0 Å². The Morgan fingerprint density at radius 2 is 2.20 bits per heavy atom. The van der Waals surface area contributed by atoms with Gasteiger partial charge in [0.1, 0.15) is 0 Å². The molecular weight excluding hydrogens is 124 g/mol. The molecule has 2 unspecified atom stereocenters. The predicted molar refractivity (Wildman–Crippen MR) is 42.5 cm³/mol. The van der Waals surface area contributed by atoms with E-state index >= 15 is 0 Å². The number of hydrogen-bond donors (Lipinski definition) is 0. The van der Waals surface area contributed by atoms with Crippen molar-refractivity contribution in [2.45, 2.75) is 6.04 Å². The van der Waals surface area contributed by atoms with E-state index in [1.165, 1.54) is 0 Å². The van der Waals surface area contributed by atoms with Gasteiger partial charge in [0.25, 0.3) is 0 Å². The highest BCUT2D eigenvalue weighted by molar-refractivity contribution is 5.77. The smallest absolute Gasteiger partial charge is 0.0796 e. The summed E-state index contributed by atoms with van der Waals surface area (Å²) in [4.78, 5) is 8.24. The second-order valence-electron chi connectivity index (χ2n) is 2.39. The molecule has 0 amide bonds.